The van der Waals surface area contributed by atoms with Crippen LogP contribution in [0.2, 0.25) is 0 Å². The molecule has 20 heavy (non-hydrogen) atoms. The smallest absolute Gasteiger partial charge is 0.0788 e. The zero-order valence-electron chi connectivity index (χ0n) is 12.5. The highest BCUT2D eigenvalue weighted by atomic mass is 16.3. The molecule has 3 nitrogen and oxygen atoms in total. The third kappa shape index (κ3) is 3.15. The summed E-state index contributed by atoms with van der Waals surface area (Å²) in [4.78, 5) is 5.14. The van der Waals surface area contributed by atoms with Crippen LogP contribution in [0.4, 0.5) is 5.69 Å². The summed E-state index contributed by atoms with van der Waals surface area (Å²) in [6.45, 7) is 6.71. The Morgan fingerprint density at radius 3 is 2.80 bits per heavy atom. The third-order valence-electron chi connectivity index (χ3n) is 4.60. The molecule has 0 aromatic heterocycles. The van der Waals surface area contributed by atoms with E-state index in [9.17, 15) is 5.11 Å². The summed E-state index contributed by atoms with van der Waals surface area (Å²) in [5.41, 5.74) is 2.32. The van der Waals surface area contributed by atoms with Crippen LogP contribution in [0.1, 0.15) is 44.3 Å². The van der Waals surface area contributed by atoms with E-state index in [-0.39, 0.29) is 6.10 Å². The van der Waals surface area contributed by atoms with Crippen molar-refractivity contribution in [1.82, 2.24) is 4.90 Å². The minimum Gasteiger partial charge on any atom is -0.388 e. The van der Waals surface area contributed by atoms with Gasteiger partial charge in [0, 0.05) is 37.9 Å². The van der Waals surface area contributed by atoms with E-state index in [1.165, 1.54) is 38.0 Å². The highest BCUT2D eigenvalue weighted by Crippen LogP contribution is 2.29. The monoisotopic (exact) mass is 274 g/mol. The molecule has 1 aromatic carbocycles. The summed E-state index contributed by atoms with van der Waals surface area (Å²) in [5, 5.41) is 10.0. The maximum atomic E-state index is 10.0. The number of anilines is 1. The number of hydrogen-bond acceptors (Lipinski definition) is 3. The summed E-state index contributed by atoms with van der Waals surface area (Å²) in [7, 11) is 0. The SMILES string of the molecule is CCC(O)c1cccc(N2CCCN(C3CC3)CC2)c1. The molecule has 2 fully saturated rings. The van der Waals surface area contributed by atoms with Gasteiger partial charge in [-0.05, 0) is 43.4 Å². The molecule has 2 aliphatic rings. The topological polar surface area (TPSA) is 26.7 Å². The van der Waals surface area contributed by atoms with Crippen molar-refractivity contribution in [2.24, 2.45) is 0 Å². The van der Waals surface area contributed by atoms with Crippen molar-refractivity contribution >= 4 is 5.69 Å². The second-order valence-electron chi connectivity index (χ2n) is 6.13. The fourth-order valence-corrected chi connectivity index (χ4v) is 3.16. The summed E-state index contributed by atoms with van der Waals surface area (Å²) >= 11 is 0. The van der Waals surface area contributed by atoms with E-state index in [2.05, 4.69) is 28.0 Å². The highest BCUT2D eigenvalue weighted by Gasteiger charge is 2.30. The number of aliphatic hydroxyl groups is 1. The second kappa shape index (κ2) is 6.15. The molecule has 1 saturated heterocycles. The van der Waals surface area contributed by atoms with Gasteiger partial charge in [-0.15, -0.1) is 0 Å². The molecule has 0 amide bonds. The molecule has 1 heterocycles. The molecule has 3 rings (SSSR count). The Bertz CT molecular complexity index is 444. The zero-order chi connectivity index (χ0) is 13.9. The van der Waals surface area contributed by atoms with Crippen LogP contribution in [0.3, 0.4) is 0 Å². The second-order valence-corrected chi connectivity index (χ2v) is 6.13. The van der Waals surface area contributed by atoms with E-state index < -0.39 is 0 Å². The molecular weight excluding hydrogens is 248 g/mol. The first-order valence-corrected chi connectivity index (χ1v) is 8.05. The van der Waals surface area contributed by atoms with Crippen LogP contribution in [-0.2, 0) is 0 Å². The van der Waals surface area contributed by atoms with Crippen LogP contribution in [0.5, 0.6) is 0 Å². The van der Waals surface area contributed by atoms with Crippen molar-refractivity contribution in [2.75, 3.05) is 31.1 Å². The molecule has 3 heteroatoms. The first kappa shape index (κ1) is 13.9. The Labute approximate surface area is 122 Å². The van der Waals surface area contributed by atoms with Gasteiger partial charge in [0.05, 0.1) is 6.10 Å². The van der Waals surface area contributed by atoms with Crippen LogP contribution >= 0.6 is 0 Å². The van der Waals surface area contributed by atoms with Crippen molar-refractivity contribution < 1.29 is 5.11 Å². The van der Waals surface area contributed by atoms with Crippen LogP contribution in [-0.4, -0.2) is 42.2 Å². The van der Waals surface area contributed by atoms with Crippen molar-refractivity contribution in [3.05, 3.63) is 29.8 Å². The van der Waals surface area contributed by atoms with Gasteiger partial charge in [0.25, 0.3) is 0 Å². The molecule has 1 aromatic rings. The highest BCUT2D eigenvalue weighted by molar-refractivity contribution is 5.49. The number of nitrogens with zero attached hydrogens (tertiary/aromatic N) is 2. The lowest BCUT2D eigenvalue weighted by Crippen LogP contribution is -2.32. The normalized spacial score (nSPS) is 22.6. The predicted molar refractivity (Wildman–Crippen MR) is 83.1 cm³/mol. The Hall–Kier alpha value is -1.06. The number of hydrogen-bond donors (Lipinski definition) is 1. The number of aliphatic hydroxyl groups excluding tert-OH is 1. The van der Waals surface area contributed by atoms with Gasteiger partial charge in [0.1, 0.15) is 0 Å². The lowest BCUT2D eigenvalue weighted by atomic mass is 10.1. The van der Waals surface area contributed by atoms with Crippen molar-refractivity contribution in [3.63, 3.8) is 0 Å². The molecule has 0 bridgehead atoms. The minimum atomic E-state index is -0.329. The van der Waals surface area contributed by atoms with Gasteiger partial charge < -0.3 is 10.0 Å². The van der Waals surface area contributed by atoms with Gasteiger partial charge in [-0.3, -0.25) is 4.90 Å². The Morgan fingerprint density at radius 2 is 2.05 bits per heavy atom. The summed E-state index contributed by atoms with van der Waals surface area (Å²) in [6.07, 6.45) is 4.50. The predicted octanol–water partition coefficient (Wildman–Crippen LogP) is 2.80. The summed E-state index contributed by atoms with van der Waals surface area (Å²) in [6, 6.07) is 9.34. The fraction of sp³-hybridized carbons (Fsp3) is 0.647. The fourth-order valence-electron chi connectivity index (χ4n) is 3.16. The van der Waals surface area contributed by atoms with Crippen molar-refractivity contribution in [2.45, 2.75) is 44.8 Å². The molecule has 1 unspecified atom stereocenters. The third-order valence-corrected chi connectivity index (χ3v) is 4.60. The number of benzene rings is 1. The van der Waals surface area contributed by atoms with Gasteiger partial charge in [0.2, 0.25) is 0 Å². The molecule has 1 saturated carbocycles. The first-order chi connectivity index (χ1) is 9.78. The van der Waals surface area contributed by atoms with Crippen LogP contribution < -0.4 is 4.90 Å². The van der Waals surface area contributed by atoms with Gasteiger partial charge in [-0.2, -0.15) is 0 Å². The minimum absolute atomic E-state index is 0.329. The van der Waals surface area contributed by atoms with Crippen LogP contribution in [0.15, 0.2) is 24.3 Å². The molecule has 1 aliphatic heterocycles. The molecule has 110 valence electrons. The molecular formula is C17H26N2O. The molecule has 0 radical (unpaired) electrons. The molecule has 1 N–H and O–H groups in total. The average molecular weight is 274 g/mol. The Kier molecular flexibility index (Phi) is 4.27. The van der Waals surface area contributed by atoms with E-state index in [0.717, 1.165) is 31.1 Å². The Balaban J connectivity index is 1.68. The van der Waals surface area contributed by atoms with Crippen molar-refractivity contribution in [3.8, 4) is 0 Å². The van der Waals surface area contributed by atoms with Crippen LogP contribution in [0, 0.1) is 0 Å². The number of rotatable bonds is 4. The van der Waals surface area contributed by atoms with E-state index in [4.69, 9.17) is 0 Å². The quantitative estimate of drug-likeness (QED) is 0.914. The first-order valence-electron chi connectivity index (χ1n) is 8.05. The molecule has 1 atom stereocenters. The zero-order valence-corrected chi connectivity index (χ0v) is 12.5. The summed E-state index contributed by atoms with van der Waals surface area (Å²) in [5.74, 6) is 0. The van der Waals surface area contributed by atoms with Gasteiger partial charge in [0.15, 0.2) is 0 Å². The maximum Gasteiger partial charge on any atom is 0.0788 e. The standard InChI is InChI=1S/C17H26N2O/c1-2-17(20)14-5-3-6-16(13-14)19-10-4-9-18(11-12-19)15-7-8-15/h3,5-6,13,15,17,20H,2,4,7-12H2,1H3. The lowest BCUT2D eigenvalue weighted by Gasteiger charge is -2.24. The van der Waals surface area contributed by atoms with Gasteiger partial charge >= 0.3 is 0 Å². The molecule has 1 aliphatic carbocycles. The van der Waals surface area contributed by atoms with E-state index in [1.54, 1.807) is 0 Å². The lowest BCUT2D eigenvalue weighted by molar-refractivity contribution is 0.173. The van der Waals surface area contributed by atoms with Gasteiger partial charge in [-0.1, -0.05) is 19.1 Å². The largest absolute Gasteiger partial charge is 0.388 e. The van der Waals surface area contributed by atoms with E-state index >= 15 is 0 Å². The van der Waals surface area contributed by atoms with Gasteiger partial charge in [-0.25, -0.2) is 0 Å². The van der Waals surface area contributed by atoms with E-state index in [1.807, 2.05) is 13.0 Å². The maximum absolute atomic E-state index is 10.0. The average Bonchev–Trinajstić information content (AvgIpc) is 3.32. The van der Waals surface area contributed by atoms with Crippen molar-refractivity contribution in [1.29, 1.82) is 0 Å². The van der Waals surface area contributed by atoms with E-state index in [0.29, 0.717) is 0 Å². The molecule has 0 spiro atoms. The summed E-state index contributed by atoms with van der Waals surface area (Å²) < 4.78 is 0. The van der Waals surface area contributed by atoms with Crippen LogP contribution in [0.25, 0.3) is 0 Å². The Morgan fingerprint density at radius 1 is 1.20 bits per heavy atom.